The monoisotopic (exact) mass is 334 g/mol. The van der Waals surface area contributed by atoms with Gasteiger partial charge in [0.1, 0.15) is 5.65 Å². The minimum absolute atomic E-state index is 0.939. The Morgan fingerprint density at radius 3 is 2.52 bits per heavy atom. The van der Waals surface area contributed by atoms with Crippen molar-refractivity contribution in [3.63, 3.8) is 0 Å². The van der Waals surface area contributed by atoms with Crippen LogP contribution in [0.3, 0.4) is 0 Å². The number of pyridine rings is 1. The lowest BCUT2D eigenvalue weighted by atomic mass is 10.0. The van der Waals surface area contributed by atoms with Gasteiger partial charge in [-0.25, -0.2) is 4.98 Å². The summed E-state index contributed by atoms with van der Waals surface area (Å²) in [4.78, 5) is 7.52. The molecule has 0 spiro atoms. The Balaban J connectivity index is 1.85. The van der Waals surface area contributed by atoms with E-state index < -0.39 is 0 Å². The molecule has 1 aromatic carbocycles. The van der Waals surface area contributed by atoms with Gasteiger partial charge in [0.25, 0.3) is 0 Å². The highest BCUT2D eigenvalue weighted by molar-refractivity contribution is 5.70. The van der Waals surface area contributed by atoms with Gasteiger partial charge in [0.05, 0.1) is 11.4 Å². The van der Waals surface area contributed by atoms with E-state index in [1.165, 1.54) is 27.9 Å². The second-order valence-electron chi connectivity index (χ2n) is 7.19. The van der Waals surface area contributed by atoms with E-state index in [2.05, 4.69) is 71.9 Å². The molecule has 1 fully saturated rings. The summed E-state index contributed by atoms with van der Waals surface area (Å²) in [6.07, 6.45) is 2.22. The summed E-state index contributed by atoms with van der Waals surface area (Å²) in [5, 5.41) is 3.44. The van der Waals surface area contributed by atoms with Gasteiger partial charge in [-0.2, -0.15) is 0 Å². The van der Waals surface area contributed by atoms with Crippen molar-refractivity contribution in [3.8, 4) is 11.3 Å². The van der Waals surface area contributed by atoms with E-state index in [0.29, 0.717) is 0 Å². The van der Waals surface area contributed by atoms with Crippen LogP contribution in [0.25, 0.3) is 16.9 Å². The fourth-order valence-electron chi connectivity index (χ4n) is 3.73. The van der Waals surface area contributed by atoms with E-state index >= 15 is 0 Å². The molecule has 1 aliphatic heterocycles. The molecule has 0 unspecified atom stereocenters. The van der Waals surface area contributed by atoms with Gasteiger partial charge < -0.3 is 9.72 Å². The second-order valence-corrected chi connectivity index (χ2v) is 7.19. The lowest BCUT2D eigenvalue weighted by Gasteiger charge is -2.27. The topological polar surface area (TPSA) is 32.6 Å². The molecule has 0 amide bonds. The number of rotatable bonds is 3. The van der Waals surface area contributed by atoms with Crippen molar-refractivity contribution in [2.45, 2.75) is 27.3 Å². The standard InChI is InChI=1S/C21H26N4/c1-15-4-6-18(17(3)12-15)21-19(14-24-10-8-22-9-11-24)25-13-16(2)5-7-20(25)23-21/h4-7,12-13,22H,8-11,14H2,1-3H3. The maximum atomic E-state index is 5.00. The highest BCUT2D eigenvalue weighted by Crippen LogP contribution is 2.29. The van der Waals surface area contributed by atoms with Crippen molar-refractivity contribution in [1.29, 1.82) is 0 Å². The van der Waals surface area contributed by atoms with Crippen molar-refractivity contribution >= 4 is 5.65 Å². The molecule has 0 saturated carbocycles. The first-order valence-corrected chi connectivity index (χ1v) is 9.10. The molecule has 1 saturated heterocycles. The fourth-order valence-corrected chi connectivity index (χ4v) is 3.73. The van der Waals surface area contributed by atoms with Crippen LogP contribution in [0.2, 0.25) is 0 Å². The number of imidazole rings is 1. The molecule has 0 atom stereocenters. The second kappa shape index (κ2) is 6.62. The number of nitrogens with one attached hydrogen (secondary N) is 1. The van der Waals surface area contributed by atoms with E-state index in [1.54, 1.807) is 0 Å². The van der Waals surface area contributed by atoms with E-state index in [1.807, 2.05) is 0 Å². The summed E-state index contributed by atoms with van der Waals surface area (Å²) in [6.45, 7) is 11.7. The van der Waals surface area contributed by atoms with Crippen LogP contribution in [-0.2, 0) is 6.54 Å². The van der Waals surface area contributed by atoms with Crippen LogP contribution in [0.5, 0.6) is 0 Å². The first-order valence-electron chi connectivity index (χ1n) is 9.10. The van der Waals surface area contributed by atoms with Crippen molar-refractivity contribution in [1.82, 2.24) is 19.6 Å². The van der Waals surface area contributed by atoms with Crippen molar-refractivity contribution in [3.05, 3.63) is 58.9 Å². The zero-order valence-corrected chi connectivity index (χ0v) is 15.3. The Morgan fingerprint density at radius 2 is 1.76 bits per heavy atom. The van der Waals surface area contributed by atoms with Gasteiger partial charge in [0, 0.05) is 44.5 Å². The van der Waals surface area contributed by atoms with Gasteiger partial charge >= 0.3 is 0 Å². The van der Waals surface area contributed by atoms with Crippen LogP contribution in [0.4, 0.5) is 0 Å². The van der Waals surface area contributed by atoms with Crippen LogP contribution in [0.15, 0.2) is 36.5 Å². The molecular weight excluding hydrogens is 308 g/mol. The highest BCUT2D eigenvalue weighted by Gasteiger charge is 2.19. The van der Waals surface area contributed by atoms with E-state index in [-0.39, 0.29) is 0 Å². The number of hydrogen-bond donors (Lipinski definition) is 1. The molecule has 0 aliphatic carbocycles. The molecule has 25 heavy (non-hydrogen) atoms. The van der Waals surface area contributed by atoms with E-state index in [4.69, 9.17) is 4.98 Å². The Morgan fingerprint density at radius 1 is 1.00 bits per heavy atom. The molecule has 3 heterocycles. The number of hydrogen-bond acceptors (Lipinski definition) is 3. The largest absolute Gasteiger partial charge is 0.314 e. The van der Waals surface area contributed by atoms with E-state index in [9.17, 15) is 0 Å². The number of nitrogens with zero attached hydrogens (tertiary/aromatic N) is 3. The molecule has 4 nitrogen and oxygen atoms in total. The SMILES string of the molecule is Cc1ccc(-c2nc3ccc(C)cn3c2CN2CCNCC2)c(C)c1. The van der Waals surface area contributed by atoms with Crippen LogP contribution in [0, 0.1) is 20.8 Å². The molecular formula is C21H26N4. The Hall–Kier alpha value is -2.17. The van der Waals surface area contributed by atoms with Gasteiger partial charge in [-0.1, -0.05) is 29.8 Å². The minimum Gasteiger partial charge on any atom is -0.314 e. The number of aryl methyl sites for hydroxylation is 3. The number of piperazine rings is 1. The lowest BCUT2D eigenvalue weighted by molar-refractivity contribution is 0.230. The van der Waals surface area contributed by atoms with E-state index in [0.717, 1.165) is 44.1 Å². The minimum atomic E-state index is 0.939. The third-order valence-electron chi connectivity index (χ3n) is 5.09. The Labute approximate surface area is 149 Å². The quantitative estimate of drug-likeness (QED) is 0.797. The maximum Gasteiger partial charge on any atom is 0.137 e. The maximum absolute atomic E-state index is 5.00. The summed E-state index contributed by atoms with van der Waals surface area (Å²) >= 11 is 0. The van der Waals surface area contributed by atoms with Crippen LogP contribution in [0.1, 0.15) is 22.4 Å². The summed E-state index contributed by atoms with van der Waals surface area (Å²) in [5.74, 6) is 0. The van der Waals surface area contributed by atoms with Crippen LogP contribution < -0.4 is 5.32 Å². The van der Waals surface area contributed by atoms with Gasteiger partial charge in [0.15, 0.2) is 0 Å². The predicted octanol–water partition coefficient (Wildman–Crippen LogP) is 3.33. The predicted molar refractivity (Wildman–Crippen MR) is 103 cm³/mol. The molecule has 0 bridgehead atoms. The summed E-state index contributed by atoms with van der Waals surface area (Å²) in [6, 6.07) is 10.9. The smallest absolute Gasteiger partial charge is 0.137 e. The Bertz CT molecular complexity index is 904. The number of fused-ring (bicyclic) bond motifs is 1. The van der Waals surface area contributed by atoms with Gasteiger partial charge in [-0.3, -0.25) is 4.90 Å². The molecule has 4 rings (SSSR count). The normalized spacial score (nSPS) is 15.8. The summed E-state index contributed by atoms with van der Waals surface area (Å²) < 4.78 is 2.28. The average molecular weight is 334 g/mol. The molecule has 0 radical (unpaired) electrons. The first-order chi connectivity index (χ1) is 12.1. The fraction of sp³-hybridized carbons (Fsp3) is 0.381. The average Bonchev–Trinajstić information content (AvgIpc) is 2.93. The van der Waals surface area contributed by atoms with Gasteiger partial charge in [0.2, 0.25) is 0 Å². The molecule has 4 heteroatoms. The molecule has 1 aliphatic rings. The molecule has 2 aromatic heterocycles. The van der Waals surface area contributed by atoms with Crippen molar-refractivity contribution < 1.29 is 0 Å². The van der Waals surface area contributed by atoms with Crippen molar-refractivity contribution in [2.75, 3.05) is 26.2 Å². The van der Waals surface area contributed by atoms with Crippen molar-refractivity contribution in [2.24, 2.45) is 0 Å². The highest BCUT2D eigenvalue weighted by atomic mass is 15.2. The van der Waals surface area contributed by atoms with Crippen LogP contribution >= 0.6 is 0 Å². The first kappa shape index (κ1) is 16.3. The summed E-state index contributed by atoms with van der Waals surface area (Å²) in [7, 11) is 0. The number of aromatic nitrogens is 2. The zero-order valence-electron chi connectivity index (χ0n) is 15.3. The zero-order chi connectivity index (χ0) is 17.4. The summed E-state index contributed by atoms with van der Waals surface area (Å²) in [5.41, 5.74) is 8.56. The Kier molecular flexibility index (Phi) is 4.32. The van der Waals surface area contributed by atoms with Gasteiger partial charge in [-0.05, 0) is 38.0 Å². The third kappa shape index (κ3) is 3.20. The molecule has 3 aromatic rings. The number of benzene rings is 1. The lowest BCUT2D eigenvalue weighted by Crippen LogP contribution is -2.43. The van der Waals surface area contributed by atoms with Gasteiger partial charge in [-0.15, -0.1) is 0 Å². The third-order valence-corrected chi connectivity index (χ3v) is 5.09. The van der Waals surface area contributed by atoms with Crippen LogP contribution in [-0.4, -0.2) is 40.5 Å². The molecule has 130 valence electrons. The molecule has 1 N–H and O–H groups in total.